The van der Waals surface area contributed by atoms with Crippen LogP contribution in [0.4, 0.5) is 0 Å². The van der Waals surface area contributed by atoms with E-state index in [1.165, 1.54) is 24.9 Å². The van der Waals surface area contributed by atoms with E-state index < -0.39 is 0 Å². The number of nitrogens with one attached hydrogen (secondary N) is 2. The number of halogens is 1. The molecule has 1 aliphatic rings. The van der Waals surface area contributed by atoms with Crippen molar-refractivity contribution < 1.29 is 4.74 Å². The zero-order valence-electron chi connectivity index (χ0n) is 20.5. The molecule has 1 saturated heterocycles. The summed E-state index contributed by atoms with van der Waals surface area (Å²) >= 11 is 0. The highest BCUT2D eigenvalue weighted by Gasteiger charge is 2.19. The molecule has 0 spiro atoms. The van der Waals surface area contributed by atoms with E-state index in [4.69, 9.17) is 9.73 Å². The van der Waals surface area contributed by atoms with Crippen LogP contribution in [0.15, 0.2) is 29.3 Å². The number of hydrogen-bond acceptors (Lipinski definition) is 5. The Morgan fingerprint density at radius 2 is 1.91 bits per heavy atom. The number of aromatic nitrogens is 3. The van der Waals surface area contributed by atoms with Gasteiger partial charge in [-0.25, -0.2) is 4.99 Å². The summed E-state index contributed by atoms with van der Waals surface area (Å²) in [5.74, 6) is 3.51. The number of likely N-dealkylation sites (tertiary alicyclic amines) is 1. The van der Waals surface area contributed by atoms with Crippen molar-refractivity contribution >= 4 is 29.9 Å². The van der Waals surface area contributed by atoms with Crippen molar-refractivity contribution in [2.24, 2.45) is 12.0 Å². The number of methoxy groups -OCH3 is 1. The molecular weight excluding hydrogens is 529 g/mol. The Labute approximate surface area is 215 Å². The van der Waals surface area contributed by atoms with E-state index in [9.17, 15) is 0 Å². The van der Waals surface area contributed by atoms with Gasteiger partial charge in [-0.05, 0) is 56.8 Å². The van der Waals surface area contributed by atoms with Gasteiger partial charge >= 0.3 is 0 Å². The van der Waals surface area contributed by atoms with Crippen LogP contribution in [0.5, 0.6) is 5.75 Å². The number of hydrogen-bond donors (Lipinski definition) is 2. The average molecular weight is 570 g/mol. The standard InChI is InChI=1S/C24H39N7O.HI/c1-5-6-15-31-16-12-21(13-17-31)27-24(26-18-23-29-28-19(2)30(23)3)25-14-11-20-7-9-22(32-4)10-8-20;/h7-10,21H,5-6,11-18H2,1-4H3,(H2,25,26,27);1H. The molecule has 1 fully saturated rings. The fraction of sp³-hybridized carbons (Fsp3) is 0.625. The molecule has 0 amide bonds. The van der Waals surface area contributed by atoms with Crippen molar-refractivity contribution in [2.45, 2.75) is 58.5 Å². The van der Waals surface area contributed by atoms with Gasteiger partial charge in [0, 0.05) is 32.7 Å². The van der Waals surface area contributed by atoms with Crippen LogP contribution in [0, 0.1) is 6.92 Å². The van der Waals surface area contributed by atoms with Gasteiger partial charge in [-0.15, -0.1) is 34.2 Å². The van der Waals surface area contributed by atoms with Crippen LogP contribution in [0.25, 0.3) is 0 Å². The fourth-order valence-electron chi connectivity index (χ4n) is 3.88. The first kappa shape index (κ1) is 27.4. The monoisotopic (exact) mass is 569 g/mol. The largest absolute Gasteiger partial charge is 0.497 e. The number of ether oxygens (including phenoxy) is 1. The third-order valence-corrected chi connectivity index (χ3v) is 6.18. The quantitative estimate of drug-likeness (QED) is 0.260. The Hall–Kier alpha value is -1.88. The Morgan fingerprint density at radius 3 is 2.52 bits per heavy atom. The average Bonchev–Trinajstić information content (AvgIpc) is 3.14. The second-order valence-corrected chi connectivity index (χ2v) is 8.53. The van der Waals surface area contributed by atoms with Crippen LogP contribution in [0.2, 0.25) is 0 Å². The van der Waals surface area contributed by atoms with Crippen LogP contribution in [0.1, 0.15) is 49.8 Å². The molecule has 2 N–H and O–H groups in total. The number of guanidine groups is 1. The van der Waals surface area contributed by atoms with Crippen molar-refractivity contribution in [1.29, 1.82) is 0 Å². The summed E-state index contributed by atoms with van der Waals surface area (Å²) in [6.45, 7) is 9.05. The van der Waals surface area contributed by atoms with Gasteiger partial charge in [0.25, 0.3) is 0 Å². The zero-order valence-corrected chi connectivity index (χ0v) is 22.8. The first-order valence-corrected chi connectivity index (χ1v) is 11.8. The molecule has 33 heavy (non-hydrogen) atoms. The number of rotatable bonds is 10. The molecule has 2 aromatic rings. The molecule has 184 valence electrons. The van der Waals surface area contributed by atoms with E-state index in [0.29, 0.717) is 12.6 Å². The van der Waals surface area contributed by atoms with Gasteiger partial charge < -0.3 is 24.8 Å². The maximum absolute atomic E-state index is 5.25. The molecule has 0 atom stereocenters. The number of unbranched alkanes of at least 4 members (excludes halogenated alkanes) is 1. The smallest absolute Gasteiger partial charge is 0.191 e. The molecule has 1 aromatic heterocycles. The Kier molecular flexibility index (Phi) is 11.9. The molecule has 0 unspecified atom stereocenters. The highest BCUT2D eigenvalue weighted by atomic mass is 127. The van der Waals surface area contributed by atoms with Crippen LogP contribution in [-0.2, 0) is 20.0 Å². The number of piperidine rings is 1. The summed E-state index contributed by atoms with van der Waals surface area (Å²) in [6, 6.07) is 8.68. The lowest BCUT2D eigenvalue weighted by Gasteiger charge is -2.33. The minimum atomic E-state index is 0. The van der Waals surface area contributed by atoms with Gasteiger partial charge in [0.1, 0.15) is 18.1 Å². The van der Waals surface area contributed by atoms with E-state index in [1.807, 2.05) is 30.7 Å². The molecule has 1 aliphatic heterocycles. The number of benzene rings is 1. The topological polar surface area (TPSA) is 79.6 Å². The van der Waals surface area contributed by atoms with Crippen LogP contribution < -0.4 is 15.4 Å². The Bertz CT molecular complexity index is 845. The normalized spacial score (nSPS) is 15.2. The highest BCUT2D eigenvalue weighted by Crippen LogP contribution is 2.12. The first-order valence-electron chi connectivity index (χ1n) is 11.8. The van der Waals surface area contributed by atoms with Crippen molar-refractivity contribution in [2.75, 3.05) is 33.3 Å². The van der Waals surface area contributed by atoms with Gasteiger partial charge in [-0.2, -0.15) is 0 Å². The lowest BCUT2D eigenvalue weighted by atomic mass is 10.0. The van der Waals surface area contributed by atoms with Gasteiger partial charge in [-0.1, -0.05) is 25.5 Å². The molecule has 0 radical (unpaired) electrons. The summed E-state index contributed by atoms with van der Waals surface area (Å²) in [5.41, 5.74) is 1.27. The van der Waals surface area contributed by atoms with Crippen LogP contribution in [-0.4, -0.2) is 65.0 Å². The minimum Gasteiger partial charge on any atom is -0.497 e. The summed E-state index contributed by atoms with van der Waals surface area (Å²) < 4.78 is 7.24. The lowest BCUT2D eigenvalue weighted by Crippen LogP contribution is -2.49. The zero-order chi connectivity index (χ0) is 22.8. The van der Waals surface area contributed by atoms with E-state index in [1.54, 1.807) is 7.11 Å². The van der Waals surface area contributed by atoms with Crippen LogP contribution >= 0.6 is 24.0 Å². The SMILES string of the molecule is CCCCN1CCC(NC(=NCc2nnc(C)n2C)NCCc2ccc(OC)cc2)CC1.I. The van der Waals surface area contributed by atoms with Crippen molar-refractivity contribution in [3.05, 3.63) is 41.5 Å². The molecule has 3 rings (SSSR count). The van der Waals surface area contributed by atoms with Gasteiger partial charge in [-0.3, -0.25) is 0 Å². The summed E-state index contributed by atoms with van der Waals surface area (Å²) in [6.07, 6.45) is 5.75. The Balaban J connectivity index is 0.00000385. The van der Waals surface area contributed by atoms with Gasteiger partial charge in [0.15, 0.2) is 11.8 Å². The third-order valence-electron chi connectivity index (χ3n) is 6.18. The number of aliphatic imine (C=N–C) groups is 1. The summed E-state index contributed by atoms with van der Waals surface area (Å²) in [4.78, 5) is 7.41. The summed E-state index contributed by atoms with van der Waals surface area (Å²) in [5, 5.41) is 15.6. The second-order valence-electron chi connectivity index (χ2n) is 8.53. The van der Waals surface area contributed by atoms with Crippen molar-refractivity contribution in [3.63, 3.8) is 0 Å². The number of nitrogens with zero attached hydrogens (tertiary/aromatic N) is 5. The van der Waals surface area contributed by atoms with Gasteiger partial charge in [0.2, 0.25) is 0 Å². The number of aryl methyl sites for hydroxylation is 1. The maximum Gasteiger partial charge on any atom is 0.191 e. The van der Waals surface area contributed by atoms with E-state index in [-0.39, 0.29) is 24.0 Å². The third kappa shape index (κ3) is 8.77. The molecule has 9 heteroatoms. The lowest BCUT2D eigenvalue weighted by molar-refractivity contribution is 0.203. The molecule has 0 aliphatic carbocycles. The van der Waals surface area contributed by atoms with Crippen molar-refractivity contribution in [3.8, 4) is 5.75 Å². The minimum absolute atomic E-state index is 0. The molecule has 0 saturated carbocycles. The first-order chi connectivity index (χ1) is 15.6. The van der Waals surface area contributed by atoms with E-state index >= 15 is 0 Å². The Morgan fingerprint density at radius 1 is 1.18 bits per heavy atom. The predicted octanol–water partition coefficient (Wildman–Crippen LogP) is 3.29. The molecule has 8 nitrogen and oxygen atoms in total. The van der Waals surface area contributed by atoms with Gasteiger partial charge in [0.05, 0.1) is 7.11 Å². The predicted molar refractivity (Wildman–Crippen MR) is 145 cm³/mol. The summed E-state index contributed by atoms with van der Waals surface area (Å²) in [7, 11) is 3.67. The molecular formula is C24H40IN7O. The molecule has 1 aromatic carbocycles. The van der Waals surface area contributed by atoms with E-state index in [2.05, 4.69) is 44.8 Å². The second kappa shape index (κ2) is 14.4. The maximum atomic E-state index is 5.25. The molecule has 0 bridgehead atoms. The van der Waals surface area contributed by atoms with Crippen LogP contribution in [0.3, 0.4) is 0 Å². The fourth-order valence-corrected chi connectivity index (χ4v) is 3.88. The highest BCUT2D eigenvalue weighted by molar-refractivity contribution is 14.0. The van der Waals surface area contributed by atoms with Crippen molar-refractivity contribution in [1.82, 2.24) is 30.3 Å². The molecule has 2 heterocycles. The van der Waals surface area contributed by atoms with E-state index in [0.717, 1.165) is 62.3 Å².